The quantitative estimate of drug-likeness (QED) is 0.854. The molecule has 2 aromatic heterocycles. The summed E-state index contributed by atoms with van der Waals surface area (Å²) in [5, 5.41) is 3.41. The lowest BCUT2D eigenvalue weighted by Crippen LogP contribution is -2.17. The Hall–Kier alpha value is -1.61. The van der Waals surface area contributed by atoms with Gasteiger partial charge in [-0.25, -0.2) is 0 Å². The molecule has 0 aromatic carbocycles. The van der Waals surface area contributed by atoms with E-state index in [1.165, 1.54) is 11.1 Å². The largest absolute Gasteiger partial charge is 0.350 e. The first-order valence-corrected chi connectivity index (χ1v) is 6.07. The number of nitrogens with one attached hydrogen (secondary N) is 1. The zero-order valence-electron chi connectivity index (χ0n) is 10.4. The van der Waals surface area contributed by atoms with Crippen LogP contribution in [0.5, 0.6) is 0 Å². The van der Waals surface area contributed by atoms with Gasteiger partial charge in [0.2, 0.25) is 0 Å². The molecule has 1 N–H and O–H groups in total. The number of hydrogen-bond acceptors (Lipinski definition) is 2. The van der Waals surface area contributed by atoms with Crippen LogP contribution in [-0.2, 0) is 6.54 Å². The number of hydrogen-bond donors (Lipinski definition) is 1. The van der Waals surface area contributed by atoms with Gasteiger partial charge < -0.3 is 9.88 Å². The fourth-order valence-electron chi connectivity index (χ4n) is 1.94. The fourth-order valence-corrected chi connectivity index (χ4v) is 1.94. The predicted octanol–water partition coefficient (Wildman–Crippen LogP) is 2.60. The molecule has 3 nitrogen and oxygen atoms in total. The SMILES string of the molecule is CCNC(C)c1ccn(Cc2cccnc2)c1. The van der Waals surface area contributed by atoms with Crippen LogP contribution >= 0.6 is 0 Å². The molecule has 0 amide bonds. The van der Waals surface area contributed by atoms with E-state index >= 15 is 0 Å². The van der Waals surface area contributed by atoms with Crippen molar-refractivity contribution in [2.75, 3.05) is 6.54 Å². The van der Waals surface area contributed by atoms with E-state index in [-0.39, 0.29) is 0 Å². The number of nitrogens with zero attached hydrogens (tertiary/aromatic N) is 2. The molecular formula is C14H19N3. The van der Waals surface area contributed by atoms with E-state index < -0.39 is 0 Å². The zero-order chi connectivity index (χ0) is 12.1. The van der Waals surface area contributed by atoms with Crippen LogP contribution in [0.4, 0.5) is 0 Å². The highest BCUT2D eigenvalue weighted by Gasteiger charge is 2.05. The lowest BCUT2D eigenvalue weighted by Gasteiger charge is -2.09. The first-order valence-electron chi connectivity index (χ1n) is 6.07. The molecule has 0 aliphatic carbocycles. The Morgan fingerprint density at radius 3 is 3.00 bits per heavy atom. The Bertz CT molecular complexity index is 448. The summed E-state index contributed by atoms with van der Waals surface area (Å²) in [6, 6.07) is 6.65. The normalized spacial score (nSPS) is 12.6. The minimum absolute atomic E-state index is 0.412. The summed E-state index contributed by atoms with van der Waals surface area (Å²) in [4.78, 5) is 4.13. The van der Waals surface area contributed by atoms with Gasteiger partial charge in [-0.15, -0.1) is 0 Å². The number of rotatable bonds is 5. The van der Waals surface area contributed by atoms with Gasteiger partial charge in [0.15, 0.2) is 0 Å². The molecule has 2 heterocycles. The summed E-state index contributed by atoms with van der Waals surface area (Å²) < 4.78 is 2.19. The molecule has 2 rings (SSSR count). The molecule has 1 atom stereocenters. The molecule has 2 aromatic rings. The first kappa shape index (κ1) is 11.9. The summed E-state index contributed by atoms with van der Waals surface area (Å²) in [6.07, 6.45) is 8.03. The summed E-state index contributed by atoms with van der Waals surface area (Å²) in [5.74, 6) is 0. The molecule has 17 heavy (non-hydrogen) atoms. The van der Waals surface area contributed by atoms with Gasteiger partial charge in [-0.2, -0.15) is 0 Å². The van der Waals surface area contributed by atoms with Gasteiger partial charge in [0.25, 0.3) is 0 Å². The summed E-state index contributed by atoms with van der Waals surface area (Å²) in [6.45, 7) is 6.19. The lowest BCUT2D eigenvalue weighted by atomic mass is 10.2. The van der Waals surface area contributed by atoms with Crippen molar-refractivity contribution in [3.63, 3.8) is 0 Å². The second-order valence-corrected chi connectivity index (χ2v) is 4.26. The highest BCUT2D eigenvalue weighted by atomic mass is 15.0. The maximum atomic E-state index is 4.13. The van der Waals surface area contributed by atoms with Crippen LogP contribution in [0.1, 0.15) is 31.0 Å². The van der Waals surface area contributed by atoms with Crippen LogP contribution in [0.25, 0.3) is 0 Å². The maximum Gasteiger partial charge on any atom is 0.0485 e. The van der Waals surface area contributed by atoms with E-state index in [0.29, 0.717) is 6.04 Å². The number of pyridine rings is 1. The van der Waals surface area contributed by atoms with Crippen LogP contribution in [0.15, 0.2) is 43.0 Å². The van der Waals surface area contributed by atoms with Crippen molar-refractivity contribution in [1.82, 2.24) is 14.9 Å². The van der Waals surface area contributed by atoms with Crippen molar-refractivity contribution >= 4 is 0 Å². The van der Waals surface area contributed by atoms with Gasteiger partial charge in [-0.3, -0.25) is 4.98 Å². The van der Waals surface area contributed by atoms with Crippen molar-refractivity contribution in [2.45, 2.75) is 26.4 Å². The van der Waals surface area contributed by atoms with Crippen LogP contribution in [0.2, 0.25) is 0 Å². The monoisotopic (exact) mass is 229 g/mol. The van der Waals surface area contributed by atoms with Crippen molar-refractivity contribution in [3.05, 3.63) is 54.1 Å². The lowest BCUT2D eigenvalue weighted by molar-refractivity contribution is 0.596. The minimum Gasteiger partial charge on any atom is -0.350 e. The van der Waals surface area contributed by atoms with Crippen molar-refractivity contribution in [3.8, 4) is 0 Å². The fraction of sp³-hybridized carbons (Fsp3) is 0.357. The second-order valence-electron chi connectivity index (χ2n) is 4.26. The highest BCUT2D eigenvalue weighted by molar-refractivity contribution is 5.17. The number of aromatic nitrogens is 2. The topological polar surface area (TPSA) is 29.9 Å². The van der Waals surface area contributed by atoms with Gasteiger partial charge in [0.05, 0.1) is 0 Å². The average molecular weight is 229 g/mol. The third-order valence-corrected chi connectivity index (χ3v) is 2.87. The minimum atomic E-state index is 0.412. The average Bonchev–Trinajstić information content (AvgIpc) is 2.79. The predicted molar refractivity (Wildman–Crippen MR) is 69.9 cm³/mol. The summed E-state index contributed by atoms with van der Waals surface area (Å²) in [7, 11) is 0. The van der Waals surface area contributed by atoms with Crippen molar-refractivity contribution in [2.24, 2.45) is 0 Å². The van der Waals surface area contributed by atoms with Crippen LogP contribution in [-0.4, -0.2) is 16.1 Å². The molecule has 0 spiro atoms. The molecule has 0 fully saturated rings. The van der Waals surface area contributed by atoms with Crippen molar-refractivity contribution in [1.29, 1.82) is 0 Å². The molecule has 3 heteroatoms. The van der Waals surface area contributed by atoms with E-state index in [0.717, 1.165) is 13.1 Å². The Labute approximate surface area is 103 Å². The van der Waals surface area contributed by atoms with Crippen LogP contribution < -0.4 is 5.32 Å². The Morgan fingerprint density at radius 1 is 1.41 bits per heavy atom. The first-order chi connectivity index (χ1) is 8.29. The Kier molecular flexibility index (Phi) is 3.94. The smallest absolute Gasteiger partial charge is 0.0485 e. The van der Waals surface area contributed by atoms with Crippen molar-refractivity contribution < 1.29 is 0 Å². The molecule has 0 aliphatic rings. The van der Waals surface area contributed by atoms with E-state index in [4.69, 9.17) is 0 Å². The van der Waals surface area contributed by atoms with Crippen LogP contribution in [0, 0.1) is 0 Å². The third kappa shape index (κ3) is 3.17. The molecule has 0 aliphatic heterocycles. The zero-order valence-corrected chi connectivity index (χ0v) is 10.4. The third-order valence-electron chi connectivity index (χ3n) is 2.87. The highest BCUT2D eigenvalue weighted by Crippen LogP contribution is 2.13. The molecule has 0 radical (unpaired) electrons. The molecule has 1 unspecified atom stereocenters. The summed E-state index contributed by atoms with van der Waals surface area (Å²) in [5.41, 5.74) is 2.56. The van der Waals surface area contributed by atoms with E-state index in [2.05, 4.69) is 53.2 Å². The molecule has 90 valence electrons. The molecular weight excluding hydrogens is 210 g/mol. The maximum absolute atomic E-state index is 4.13. The Morgan fingerprint density at radius 2 is 2.29 bits per heavy atom. The van der Waals surface area contributed by atoms with E-state index in [9.17, 15) is 0 Å². The van der Waals surface area contributed by atoms with Gasteiger partial charge in [-0.05, 0) is 36.7 Å². The summed E-state index contributed by atoms with van der Waals surface area (Å²) >= 11 is 0. The van der Waals surface area contributed by atoms with Gasteiger partial charge in [0, 0.05) is 37.4 Å². The molecule has 0 saturated heterocycles. The standard InChI is InChI=1S/C14H19N3/c1-3-16-12(2)14-6-8-17(11-14)10-13-5-4-7-15-9-13/h4-9,11-12,16H,3,10H2,1-2H3. The molecule has 0 bridgehead atoms. The molecule has 0 saturated carbocycles. The second kappa shape index (κ2) is 5.64. The van der Waals surface area contributed by atoms with Gasteiger partial charge in [-0.1, -0.05) is 13.0 Å². The van der Waals surface area contributed by atoms with Gasteiger partial charge in [0.1, 0.15) is 0 Å². The van der Waals surface area contributed by atoms with E-state index in [1.807, 2.05) is 12.3 Å². The van der Waals surface area contributed by atoms with Crippen LogP contribution in [0.3, 0.4) is 0 Å². The Balaban J connectivity index is 2.04. The van der Waals surface area contributed by atoms with E-state index in [1.54, 1.807) is 6.20 Å². The van der Waals surface area contributed by atoms with Gasteiger partial charge >= 0.3 is 0 Å².